The molecule has 0 heterocycles. The molecule has 0 aliphatic rings. The van der Waals surface area contributed by atoms with Crippen LogP contribution in [0.2, 0.25) is 0 Å². The van der Waals surface area contributed by atoms with E-state index in [-0.39, 0.29) is 5.41 Å². The van der Waals surface area contributed by atoms with Crippen molar-refractivity contribution < 1.29 is 0 Å². The average Bonchev–Trinajstić information content (AvgIpc) is 2.39. The first-order valence-electron chi connectivity index (χ1n) is 6.81. The molecule has 2 rings (SSSR count). The lowest BCUT2D eigenvalue weighted by atomic mass is 9.86. The maximum atomic E-state index is 2.24. The fourth-order valence-corrected chi connectivity index (χ4v) is 2.12. The van der Waals surface area contributed by atoms with Crippen molar-refractivity contribution in [3.05, 3.63) is 71.3 Å². The van der Waals surface area contributed by atoms with Gasteiger partial charge in [-0.15, -0.1) is 0 Å². The molecule has 0 bridgehead atoms. The zero-order valence-corrected chi connectivity index (χ0v) is 12.3. The van der Waals surface area contributed by atoms with Gasteiger partial charge in [0.2, 0.25) is 0 Å². The maximum absolute atomic E-state index is 2.24. The molecule has 0 amide bonds. The fourth-order valence-electron chi connectivity index (χ4n) is 2.12. The van der Waals surface area contributed by atoms with Gasteiger partial charge in [-0.25, -0.2) is 0 Å². The fraction of sp³-hybridized carbons (Fsp3) is 0.263. The molecule has 98 valence electrons. The molecule has 0 unspecified atom stereocenters. The van der Waals surface area contributed by atoms with E-state index in [4.69, 9.17) is 0 Å². The van der Waals surface area contributed by atoms with Crippen LogP contribution in [0.3, 0.4) is 0 Å². The quantitative estimate of drug-likeness (QED) is 0.613. The van der Waals surface area contributed by atoms with Gasteiger partial charge in [-0.3, -0.25) is 0 Å². The minimum absolute atomic E-state index is 0.218. The van der Waals surface area contributed by atoms with Crippen molar-refractivity contribution in [2.45, 2.75) is 33.1 Å². The summed E-state index contributed by atoms with van der Waals surface area (Å²) in [4.78, 5) is 0. The molecule has 0 saturated carbocycles. The van der Waals surface area contributed by atoms with E-state index in [1.165, 1.54) is 22.3 Å². The molecule has 0 saturated heterocycles. The molecule has 0 atom stereocenters. The molecule has 0 fully saturated rings. The monoisotopic (exact) mass is 250 g/mol. The van der Waals surface area contributed by atoms with Gasteiger partial charge >= 0.3 is 0 Å². The Morgan fingerprint density at radius 2 is 1.42 bits per heavy atom. The molecule has 0 aliphatic heterocycles. The van der Waals surface area contributed by atoms with Gasteiger partial charge in [-0.2, -0.15) is 0 Å². The van der Waals surface area contributed by atoms with Crippen LogP contribution in [0.5, 0.6) is 0 Å². The zero-order valence-electron chi connectivity index (χ0n) is 12.3. The molecule has 0 radical (unpaired) electrons. The zero-order chi connectivity index (χ0) is 13.9. The Kier molecular flexibility index (Phi) is 3.90. The van der Waals surface area contributed by atoms with E-state index in [0.717, 1.165) is 0 Å². The third-order valence-corrected chi connectivity index (χ3v) is 3.39. The van der Waals surface area contributed by atoms with Crippen LogP contribution in [-0.4, -0.2) is 0 Å². The highest BCUT2D eigenvalue weighted by atomic mass is 14.2. The highest BCUT2D eigenvalue weighted by Crippen LogP contribution is 2.25. The molecule has 2 aromatic rings. The van der Waals surface area contributed by atoms with Crippen LogP contribution in [0, 0.1) is 0 Å². The summed E-state index contributed by atoms with van der Waals surface area (Å²) in [6.07, 6.45) is 2.23. The van der Waals surface area contributed by atoms with E-state index in [9.17, 15) is 0 Å². The molecular formula is C19H22. The van der Waals surface area contributed by atoms with E-state index < -0.39 is 0 Å². The number of hydrogen-bond donors (Lipinski definition) is 0. The maximum Gasteiger partial charge on any atom is -0.0132 e. The second-order valence-electron chi connectivity index (χ2n) is 6.07. The molecule has 0 spiro atoms. The molecule has 0 heteroatoms. The van der Waals surface area contributed by atoms with Crippen LogP contribution in [-0.2, 0) is 5.41 Å². The van der Waals surface area contributed by atoms with E-state index in [1.807, 2.05) is 6.07 Å². The van der Waals surface area contributed by atoms with Crippen molar-refractivity contribution in [3.63, 3.8) is 0 Å². The van der Waals surface area contributed by atoms with Gasteiger partial charge in [0.25, 0.3) is 0 Å². The number of benzene rings is 2. The van der Waals surface area contributed by atoms with Gasteiger partial charge in [0.1, 0.15) is 0 Å². The van der Waals surface area contributed by atoms with Crippen molar-refractivity contribution in [1.82, 2.24) is 0 Å². The Morgan fingerprint density at radius 1 is 0.842 bits per heavy atom. The summed E-state index contributed by atoms with van der Waals surface area (Å²) < 4.78 is 0. The Hall–Kier alpha value is -1.82. The molecule has 2 aromatic carbocycles. The Morgan fingerprint density at radius 3 is 1.95 bits per heavy atom. The standard InChI is InChI=1S/C19H22/c1-15(14-16-8-6-5-7-9-16)17-10-12-18(13-11-17)19(2,3)4/h5-14H,1-4H3/b15-14+. The summed E-state index contributed by atoms with van der Waals surface area (Å²) in [5.74, 6) is 0. The molecule has 0 aliphatic carbocycles. The van der Waals surface area contributed by atoms with Gasteiger partial charge < -0.3 is 0 Å². The summed E-state index contributed by atoms with van der Waals surface area (Å²) in [5, 5.41) is 0. The summed E-state index contributed by atoms with van der Waals surface area (Å²) in [6, 6.07) is 19.4. The third-order valence-electron chi connectivity index (χ3n) is 3.39. The largest absolute Gasteiger partial charge is 0.0622 e. The predicted molar refractivity (Wildman–Crippen MR) is 85.1 cm³/mol. The lowest BCUT2D eigenvalue weighted by Crippen LogP contribution is -2.10. The Bertz CT molecular complexity index is 551. The van der Waals surface area contributed by atoms with Crippen molar-refractivity contribution in [2.75, 3.05) is 0 Å². The first kappa shape index (κ1) is 13.6. The van der Waals surface area contributed by atoms with Crippen LogP contribution in [0.15, 0.2) is 54.6 Å². The summed E-state index contributed by atoms with van der Waals surface area (Å²) in [7, 11) is 0. The minimum Gasteiger partial charge on any atom is -0.0622 e. The normalized spacial score (nSPS) is 12.5. The first-order valence-corrected chi connectivity index (χ1v) is 6.81. The molecule has 19 heavy (non-hydrogen) atoms. The summed E-state index contributed by atoms with van der Waals surface area (Å²) >= 11 is 0. The first-order chi connectivity index (χ1) is 8.97. The Labute approximate surface area is 116 Å². The van der Waals surface area contributed by atoms with Crippen molar-refractivity contribution >= 4 is 11.6 Å². The van der Waals surface area contributed by atoms with E-state index >= 15 is 0 Å². The smallest absolute Gasteiger partial charge is 0.0132 e. The number of hydrogen-bond acceptors (Lipinski definition) is 0. The van der Waals surface area contributed by atoms with E-state index in [2.05, 4.69) is 82.3 Å². The van der Waals surface area contributed by atoms with Gasteiger partial charge in [-0.05, 0) is 34.6 Å². The predicted octanol–water partition coefficient (Wildman–Crippen LogP) is 5.54. The van der Waals surface area contributed by atoms with Crippen molar-refractivity contribution in [3.8, 4) is 0 Å². The van der Waals surface area contributed by atoms with Crippen LogP contribution < -0.4 is 0 Å². The second kappa shape index (κ2) is 5.44. The third kappa shape index (κ3) is 3.57. The topological polar surface area (TPSA) is 0 Å². The van der Waals surface area contributed by atoms with Crippen LogP contribution in [0.1, 0.15) is 44.4 Å². The molecular weight excluding hydrogens is 228 g/mol. The lowest BCUT2D eigenvalue weighted by molar-refractivity contribution is 0.590. The highest BCUT2D eigenvalue weighted by molar-refractivity contribution is 5.80. The van der Waals surface area contributed by atoms with E-state index in [1.54, 1.807) is 0 Å². The SMILES string of the molecule is C/C(=C\c1ccccc1)c1ccc(C(C)(C)C)cc1. The van der Waals surface area contributed by atoms with E-state index in [0.29, 0.717) is 0 Å². The second-order valence-corrected chi connectivity index (χ2v) is 6.07. The van der Waals surface area contributed by atoms with Gasteiger partial charge in [0, 0.05) is 0 Å². The van der Waals surface area contributed by atoms with Crippen LogP contribution in [0.25, 0.3) is 11.6 Å². The lowest BCUT2D eigenvalue weighted by Gasteiger charge is -2.19. The summed E-state index contributed by atoms with van der Waals surface area (Å²) in [6.45, 7) is 8.90. The Balaban J connectivity index is 2.25. The van der Waals surface area contributed by atoms with Gasteiger partial charge in [0.05, 0.1) is 0 Å². The van der Waals surface area contributed by atoms with Gasteiger partial charge in [0.15, 0.2) is 0 Å². The van der Waals surface area contributed by atoms with Crippen molar-refractivity contribution in [1.29, 1.82) is 0 Å². The van der Waals surface area contributed by atoms with Gasteiger partial charge in [-0.1, -0.05) is 81.4 Å². The minimum atomic E-state index is 0.218. The molecule has 0 nitrogen and oxygen atoms in total. The average molecular weight is 250 g/mol. The number of rotatable bonds is 2. The number of allylic oxidation sites excluding steroid dienone is 1. The van der Waals surface area contributed by atoms with Crippen LogP contribution in [0.4, 0.5) is 0 Å². The van der Waals surface area contributed by atoms with Crippen LogP contribution >= 0.6 is 0 Å². The highest BCUT2D eigenvalue weighted by Gasteiger charge is 2.12. The summed E-state index contributed by atoms with van der Waals surface area (Å²) in [5.41, 5.74) is 5.43. The van der Waals surface area contributed by atoms with Crippen molar-refractivity contribution in [2.24, 2.45) is 0 Å². The molecule has 0 N–H and O–H groups in total. The molecule has 0 aromatic heterocycles.